The van der Waals surface area contributed by atoms with Crippen LogP contribution in [-0.2, 0) is 6.54 Å². The van der Waals surface area contributed by atoms with E-state index in [1.165, 1.54) is 16.7 Å². The van der Waals surface area contributed by atoms with Crippen molar-refractivity contribution in [2.24, 2.45) is 0 Å². The average molecular weight is 303 g/mol. The Kier molecular flexibility index (Phi) is 8.23. The normalized spacial score (nSPS) is 10.1. The third kappa shape index (κ3) is 5.86. The van der Waals surface area contributed by atoms with Crippen molar-refractivity contribution in [1.29, 1.82) is 0 Å². The van der Waals surface area contributed by atoms with E-state index in [4.69, 9.17) is 0 Å². The van der Waals surface area contributed by atoms with Crippen LogP contribution in [0.4, 0.5) is 5.69 Å². The summed E-state index contributed by atoms with van der Waals surface area (Å²) in [6.07, 6.45) is 3.57. The van der Waals surface area contributed by atoms with Crippen molar-refractivity contribution in [3.05, 3.63) is 59.4 Å². The second kappa shape index (κ2) is 9.96. The van der Waals surface area contributed by atoms with Crippen LogP contribution >= 0.6 is 0 Å². The Morgan fingerprint density at radius 2 is 1.95 bits per heavy atom. The van der Waals surface area contributed by atoms with Gasteiger partial charge in [-0.2, -0.15) is 0 Å². The van der Waals surface area contributed by atoms with Crippen molar-refractivity contribution >= 4 is 5.69 Å². The van der Waals surface area contributed by atoms with Crippen LogP contribution < -0.4 is 10.6 Å². The van der Waals surface area contributed by atoms with E-state index in [2.05, 4.69) is 61.5 Å². The fraction of sp³-hybridized carbons (Fsp3) is 0.421. The maximum Gasteiger partial charge on any atom is 0.0526 e. The molecule has 0 fully saturated rings. The zero-order chi connectivity index (χ0) is 16.4. The molecule has 1 aromatic heterocycles. The van der Waals surface area contributed by atoms with Gasteiger partial charge in [0.05, 0.1) is 5.69 Å². The second-order valence-electron chi connectivity index (χ2n) is 5.60. The van der Waals surface area contributed by atoms with Crippen LogP contribution in [0, 0.1) is 6.92 Å². The van der Waals surface area contributed by atoms with Crippen LogP contribution in [0.3, 0.4) is 0 Å². The van der Waals surface area contributed by atoms with Gasteiger partial charge in [-0.1, -0.05) is 32.0 Å². The molecule has 1 aromatic carbocycles. The van der Waals surface area contributed by atoms with Crippen molar-refractivity contribution in [2.45, 2.75) is 40.2 Å². The molecule has 2 aromatic rings. The summed E-state index contributed by atoms with van der Waals surface area (Å²) >= 11 is 0. The maximum atomic E-state index is 3.94. The first-order chi connectivity index (χ1) is 10.6. The van der Waals surface area contributed by atoms with Gasteiger partial charge in [0.15, 0.2) is 0 Å². The predicted molar refractivity (Wildman–Crippen MR) is 101 cm³/mol. The minimum Gasteiger partial charge on any atom is -0.384 e. The summed E-state index contributed by atoms with van der Waals surface area (Å²) in [7, 11) is 2.00. The second-order valence-corrected chi connectivity index (χ2v) is 5.60. The zero-order valence-corrected chi connectivity index (χ0v) is 14.5. The summed E-state index contributed by atoms with van der Waals surface area (Å²) in [5.74, 6) is 0.614. The lowest BCUT2D eigenvalue weighted by Gasteiger charge is -2.14. The molecule has 0 radical (unpaired) electrons. The van der Waals surface area contributed by atoms with E-state index < -0.39 is 0 Å². The smallest absolute Gasteiger partial charge is 0.0526 e. The molecule has 22 heavy (non-hydrogen) atoms. The lowest BCUT2D eigenvalue weighted by Crippen LogP contribution is -2.10. The van der Waals surface area contributed by atoms with E-state index >= 15 is 0 Å². The highest BCUT2D eigenvalue weighted by Gasteiger charge is 2.07. The molecule has 0 unspecified atom stereocenters. The van der Waals surface area contributed by atoms with E-state index in [0.29, 0.717) is 5.92 Å². The number of anilines is 1. The molecule has 3 heteroatoms. The molecule has 2 rings (SSSR count). The van der Waals surface area contributed by atoms with Crippen LogP contribution in [0.25, 0.3) is 0 Å². The first-order valence-corrected chi connectivity index (χ1v) is 7.97. The summed E-state index contributed by atoms with van der Waals surface area (Å²) in [5, 5.41) is 6.37. The van der Waals surface area contributed by atoms with Crippen molar-refractivity contribution in [3.63, 3.8) is 0 Å². The largest absolute Gasteiger partial charge is 0.384 e. The number of nitrogens with one attached hydrogen (secondary N) is 2. The molecular formula is C19H33N3. The maximum absolute atomic E-state index is 3.94. The van der Waals surface area contributed by atoms with Crippen LogP contribution in [0.5, 0.6) is 0 Å². The SMILES string of the molecule is CCNc1cccnc1.CNCc1c(C)cccc1C(C)C.[HH].[HH]. The Morgan fingerprint density at radius 1 is 1.18 bits per heavy atom. The van der Waals surface area contributed by atoms with Crippen molar-refractivity contribution in [2.75, 3.05) is 18.9 Å². The van der Waals surface area contributed by atoms with Crippen molar-refractivity contribution in [1.82, 2.24) is 10.3 Å². The summed E-state index contributed by atoms with van der Waals surface area (Å²) in [4.78, 5) is 3.94. The van der Waals surface area contributed by atoms with E-state index in [1.807, 2.05) is 25.4 Å². The number of benzene rings is 1. The van der Waals surface area contributed by atoms with Crippen LogP contribution in [0.2, 0.25) is 0 Å². The molecule has 124 valence electrons. The minimum atomic E-state index is 0. The van der Waals surface area contributed by atoms with Gasteiger partial charge in [-0.25, -0.2) is 0 Å². The third-order valence-electron chi connectivity index (χ3n) is 3.46. The average Bonchev–Trinajstić information content (AvgIpc) is 2.51. The first-order valence-electron chi connectivity index (χ1n) is 7.97. The van der Waals surface area contributed by atoms with Gasteiger partial charge in [0, 0.05) is 28.3 Å². The Morgan fingerprint density at radius 3 is 2.50 bits per heavy atom. The van der Waals surface area contributed by atoms with E-state index in [1.54, 1.807) is 6.20 Å². The molecule has 2 N–H and O–H groups in total. The molecule has 1 heterocycles. The highest BCUT2D eigenvalue weighted by Crippen LogP contribution is 2.21. The fourth-order valence-corrected chi connectivity index (χ4v) is 2.36. The van der Waals surface area contributed by atoms with Gasteiger partial charge >= 0.3 is 0 Å². The Bertz CT molecular complexity index is 546. The number of aryl methyl sites for hydroxylation is 1. The summed E-state index contributed by atoms with van der Waals surface area (Å²) in [5.41, 5.74) is 5.40. The Labute approximate surface area is 138 Å². The standard InChI is InChI=1S/C12H19N.C7H10N2.2H2/c1-9(2)11-7-5-6-10(3)12(11)8-13-4;1-2-9-7-4-3-5-8-6-7;;/h5-7,9,13H,8H2,1-4H3;3-6,9H,2H2,1H3;2*1H. The van der Waals surface area contributed by atoms with E-state index in [-0.39, 0.29) is 2.85 Å². The quantitative estimate of drug-likeness (QED) is 0.829. The molecule has 3 nitrogen and oxygen atoms in total. The van der Waals surface area contributed by atoms with Gasteiger partial charge in [0.1, 0.15) is 0 Å². The molecule has 0 saturated carbocycles. The van der Waals surface area contributed by atoms with Gasteiger partial charge in [0.2, 0.25) is 0 Å². The molecule has 0 amide bonds. The number of hydrogen-bond donors (Lipinski definition) is 2. The van der Waals surface area contributed by atoms with E-state index in [0.717, 1.165) is 18.8 Å². The summed E-state index contributed by atoms with van der Waals surface area (Å²) in [6.45, 7) is 10.7. The van der Waals surface area contributed by atoms with Crippen LogP contribution in [0.15, 0.2) is 42.7 Å². The topological polar surface area (TPSA) is 37.0 Å². The number of rotatable bonds is 5. The van der Waals surface area contributed by atoms with Gasteiger partial charge < -0.3 is 10.6 Å². The lowest BCUT2D eigenvalue weighted by molar-refractivity contribution is 0.770. The van der Waals surface area contributed by atoms with Crippen LogP contribution in [-0.4, -0.2) is 18.6 Å². The molecular weight excluding hydrogens is 270 g/mol. The number of aromatic nitrogens is 1. The van der Waals surface area contributed by atoms with Gasteiger partial charge in [-0.3, -0.25) is 4.98 Å². The van der Waals surface area contributed by atoms with Gasteiger partial charge in [0.25, 0.3) is 0 Å². The molecule has 0 atom stereocenters. The summed E-state index contributed by atoms with van der Waals surface area (Å²) in [6, 6.07) is 10.5. The Hall–Kier alpha value is -1.87. The molecule has 0 aliphatic rings. The Balaban J connectivity index is 0. The molecule has 0 bridgehead atoms. The summed E-state index contributed by atoms with van der Waals surface area (Å²) < 4.78 is 0. The molecule has 0 aliphatic heterocycles. The first kappa shape index (κ1) is 18.2. The monoisotopic (exact) mass is 303 g/mol. The minimum absolute atomic E-state index is 0. The molecule has 0 aliphatic carbocycles. The van der Waals surface area contributed by atoms with Crippen LogP contribution in [0.1, 0.15) is 46.2 Å². The van der Waals surface area contributed by atoms with Crippen molar-refractivity contribution < 1.29 is 2.85 Å². The third-order valence-corrected chi connectivity index (χ3v) is 3.46. The highest BCUT2D eigenvalue weighted by atomic mass is 14.9. The highest BCUT2D eigenvalue weighted by molar-refractivity contribution is 5.39. The zero-order valence-electron chi connectivity index (χ0n) is 14.5. The number of pyridine rings is 1. The van der Waals surface area contributed by atoms with E-state index in [9.17, 15) is 0 Å². The predicted octanol–water partition coefficient (Wildman–Crippen LogP) is 4.84. The molecule has 0 saturated heterocycles. The van der Waals surface area contributed by atoms with Gasteiger partial charge in [-0.05, 0) is 55.6 Å². The number of hydrogen-bond acceptors (Lipinski definition) is 3. The lowest BCUT2D eigenvalue weighted by atomic mass is 9.94. The fourth-order valence-electron chi connectivity index (χ4n) is 2.36. The number of nitrogens with zero attached hydrogens (tertiary/aromatic N) is 1. The molecule has 0 spiro atoms. The van der Waals surface area contributed by atoms with Gasteiger partial charge in [-0.15, -0.1) is 0 Å². The van der Waals surface area contributed by atoms with Crippen molar-refractivity contribution in [3.8, 4) is 0 Å².